The van der Waals surface area contributed by atoms with Crippen molar-refractivity contribution in [3.8, 4) is 5.75 Å². The van der Waals surface area contributed by atoms with Crippen LogP contribution in [0.1, 0.15) is 35.6 Å². The Morgan fingerprint density at radius 2 is 1.66 bits per heavy atom. The molecule has 11 nitrogen and oxygen atoms in total. The largest absolute Gasteiger partial charge is 0.494 e. The first-order chi connectivity index (χ1) is 24.3. The van der Waals surface area contributed by atoms with E-state index in [4.69, 9.17) is 19.6 Å². The van der Waals surface area contributed by atoms with Crippen LogP contribution < -0.4 is 10.1 Å². The molecule has 0 aromatic heterocycles. The molecule has 12 heteroatoms. The van der Waals surface area contributed by atoms with Gasteiger partial charge < -0.3 is 19.9 Å². The van der Waals surface area contributed by atoms with Crippen molar-refractivity contribution in [2.24, 2.45) is 10.1 Å². The molecule has 0 aliphatic carbocycles. The van der Waals surface area contributed by atoms with Crippen molar-refractivity contribution in [2.45, 2.75) is 35.9 Å². The number of hydrogen-bond acceptors (Lipinski definition) is 8. The van der Waals surface area contributed by atoms with Gasteiger partial charge in [-0.3, -0.25) is 4.79 Å². The Morgan fingerprint density at radius 3 is 2.44 bits per heavy atom. The minimum absolute atomic E-state index is 0.00603. The molecule has 1 amide bonds. The maximum Gasteiger partial charge on any atom is 0.252 e. The molecule has 2 atom stereocenters. The van der Waals surface area contributed by atoms with Gasteiger partial charge in [0, 0.05) is 47.7 Å². The summed E-state index contributed by atoms with van der Waals surface area (Å²) in [6.07, 6.45) is -0.919. The minimum atomic E-state index is -3.86. The van der Waals surface area contributed by atoms with Crippen LogP contribution in [0.4, 0.5) is 5.69 Å². The van der Waals surface area contributed by atoms with Crippen LogP contribution in [0.2, 0.25) is 0 Å². The Morgan fingerprint density at radius 1 is 0.940 bits per heavy atom. The van der Waals surface area contributed by atoms with Crippen molar-refractivity contribution in [1.82, 2.24) is 5.32 Å². The molecule has 0 bridgehead atoms. The monoisotopic (exact) mass is 689 g/mol. The van der Waals surface area contributed by atoms with E-state index in [0.29, 0.717) is 29.9 Å². The van der Waals surface area contributed by atoms with Crippen molar-refractivity contribution >= 4 is 38.1 Å². The first-order valence-corrected chi connectivity index (χ1v) is 17.8. The molecule has 0 saturated heterocycles. The number of sulfone groups is 1. The highest BCUT2D eigenvalue weighted by atomic mass is 32.2. The summed E-state index contributed by atoms with van der Waals surface area (Å²) in [4.78, 5) is 22.8. The van der Waals surface area contributed by atoms with Gasteiger partial charge in [-0.1, -0.05) is 90.0 Å². The maximum absolute atomic E-state index is 14.7. The molecule has 5 aromatic carbocycles. The summed E-state index contributed by atoms with van der Waals surface area (Å²) in [7, 11) is -3.86. The highest BCUT2D eigenvalue weighted by Gasteiger charge is 2.54. The topological polar surface area (TPSA) is 163 Å². The first-order valence-electron chi connectivity index (χ1n) is 16.1. The van der Waals surface area contributed by atoms with E-state index >= 15 is 0 Å². The lowest BCUT2D eigenvalue weighted by molar-refractivity contribution is -0.129. The fraction of sp³-hybridized carbons (Fsp3) is 0.211. The summed E-state index contributed by atoms with van der Waals surface area (Å²) in [6, 6.07) is 35.3. The lowest BCUT2D eigenvalue weighted by atomic mass is 9.84. The van der Waals surface area contributed by atoms with E-state index in [0.717, 1.165) is 16.3 Å². The number of aliphatic hydroxyl groups excluding tert-OH is 1. The molecule has 5 aromatic rings. The van der Waals surface area contributed by atoms with Crippen molar-refractivity contribution in [1.29, 1.82) is 0 Å². The summed E-state index contributed by atoms with van der Waals surface area (Å²) >= 11 is 0. The first kappa shape index (κ1) is 34.2. The van der Waals surface area contributed by atoms with Gasteiger partial charge in [-0.25, -0.2) is 13.4 Å². The molecular weight excluding hydrogens is 655 g/mol. The van der Waals surface area contributed by atoms with E-state index in [-0.39, 0.29) is 36.1 Å². The van der Waals surface area contributed by atoms with Crippen LogP contribution in [0.25, 0.3) is 21.2 Å². The number of aliphatic hydroxyl groups is 1. The zero-order chi connectivity index (χ0) is 35.0. The SMILES string of the molecule is [N-]=[N+]=Nc1ccccc1[C@H]1OC(c2ccc(OCCCO)cc2)=N[C@@]1(CCS(=O)(=O)c1ccccc1)C(=O)NCc1cccc2ccccc12. The number of aliphatic imine (C=N–C) groups is 1. The number of carbonyl (C=O) groups is 1. The molecule has 0 fully saturated rings. The van der Waals surface area contributed by atoms with Gasteiger partial charge in [0.25, 0.3) is 5.91 Å². The number of fused-ring (bicyclic) bond motifs is 1. The molecule has 2 N–H and O–H groups in total. The average Bonchev–Trinajstić information content (AvgIpc) is 3.55. The molecule has 6 rings (SSSR count). The normalized spacial score (nSPS) is 17.0. The number of azide groups is 1. The number of nitrogens with zero attached hydrogens (tertiary/aromatic N) is 4. The molecule has 1 aliphatic rings. The minimum Gasteiger partial charge on any atom is -0.494 e. The molecule has 0 radical (unpaired) electrons. The Hall–Kier alpha value is -5.68. The van der Waals surface area contributed by atoms with E-state index in [1.165, 1.54) is 12.1 Å². The highest BCUT2D eigenvalue weighted by Crippen LogP contribution is 2.46. The fourth-order valence-electron chi connectivity index (χ4n) is 6.01. The summed E-state index contributed by atoms with van der Waals surface area (Å²) in [5.41, 5.74) is 9.61. The molecule has 1 aliphatic heterocycles. The van der Waals surface area contributed by atoms with Crippen molar-refractivity contribution < 1.29 is 27.8 Å². The molecule has 0 spiro atoms. The van der Waals surface area contributed by atoms with Gasteiger partial charge in [0.1, 0.15) is 5.75 Å². The van der Waals surface area contributed by atoms with Gasteiger partial charge in [0.15, 0.2) is 21.5 Å². The van der Waals surface area contributed by atoms with E-state index in [1.807, 2.05) is 42.5 Å². The second-order valence-corrected chi connectivity index (χ2v) is 13.8. The molecule has 50 heavy (non-hydrogen) atoms. The van der Waals surface area contributed by atoms with Gasteiger partial charge in [-0.15, -0.1) is 0 Å². The van der Waals surface area contributed by atoms with Gasteiger partial charge in [0.2, 0.25) is 5.90 Å². The predicted molar refractivity (Wildman–Crippen MR) is 191 cm³/mol. The summed E-state index contributed by atoms with van der Waals surface area (Å²) in [5.74, 6) is -0.283. The quantitative estimate of drug-likeness (QED) is 0.0553. The maximum atomic E-state index is 14.7. The third kappa shape index (κ3) is 7.32. The summed E-state index contributed by atoms with van der Waals surface area (Å²) in [5, 5.41) is 18.0. The van der Waals surface area contributed by atoms with Crippen molar-refractivity contribution in [2.75, 3.05) is 19.0 Å². The number of ether oxygens (including phenoxy) is 2. The van der Waals surface area contributed by atoms with Crippen LogP contribution >= 0.6 is 0 Å². The van der Waals surface area contributed by atoms with Crippen LogP contribution in [-0.2, 0) is 25.9 Å². The Kier molecular flexibility index (Phi) is 10.4. The fourth-order valence-corrected chi connectivity index (χ4v) is 7.39. The summed E-state index contributed by atoms with van der Waals surface area (Å²) in [6.45, 7) is 0.482. The van der Waals surface area contributed by atoms with Crippen LogP contribution in [0.5, 0.6) is 5.75 Å². The van der Waals surface area contributed by atoms with Gasteiger partial charge in [-0.05, 0) is 58.3 Å². The molecular formula is C38H35N5O6S. The van der Waals surface area contributed by atoms with Crippen molar-refractivity contribution in [3.05, 3.63) is 148 Å². The van der Waals surface area contributed by atoms with Gasteiger partial charge >= 0.3 is 0 Å². The standard InChI is InChI=1S/C38H35N5O6S/c39-43-42-34-17-7-6-16-33(34)35-38(22-25-50(46,47)31-13-2-1-3-14-31,37(45)40-26-29-12-8-11-27-10-4-5-15-32(27)29)41-36(49-35)28-18-20-30(21-19-28)48-24-9-23-44/h1-8,10-21,35,44H,9,22-26H2,(H,40,45)/t35-,38-/m1/s1. The predicted octanol–water partition coefficient (Wildman–Crippen LogP) is 6.98. The van der Waals surface area contributed by atoms with Crippen LogP contribution in [0, 0.1) is 0 Å². The van der Waals surface area contributed by atoms with E-state index in [9.17, 15) is 18.7 Å². The molecule has 0 unspecified atom stereocenters. The number of carbonyl (C=O) groups excluding carboxylic acids is 1. The van der Waals surface area contributed by atoms with Gasteiger partial charge in [-0.2, -0.15) is 0 Å². The molecule has 0 saturated carbocycles. The van der Waals surface area contributed by atoms with Crippen LogP contribution in [0.15, 0.2) is 136 Å². The number of benzene rings is 5. The van der Waals surface area contributed by atoms with Crippen LogP contribution in [0.3, 0.4) is 0 Å². The number of amides is 1. The van der Waals surface area contributed by atoms with Gasteiger partial charge in [0.05, 0.1) is 17.3 Å². The second kappa shape index (κ2) is 15.3. The lowest BCUT2D eigenvalue weighted by Gasteiger charge is -2.31. The Bertz CT molecular complexity index is 2160. The van der Waals surface area contributed by atoms with Crippen LogP contribution in [-0.4, -0.2) is 49.8 Å². The zero-order valence-corrected chi connectivity index (χ0v) is 27.9. The second-order valence-electron chi connectivity index (χ2n) is 11.7. The highest BCUT2D eigenvalue weighted by molar-refractivity contribution is 7.91. The molecule has 1 heterocycles. The van der Waals surface area contributed by atoms with E-state index in [1.54, 1.807) is 66.7 Å². The lowest BCUT2D eigenvalue weighted by Crippen LogP contribution is -2.49. The molecule has 254 valence electrons. The van der Waals surface area contributed by atoms with E-state index < -0.39 is 33.1 Å². The Labute approximate surface area is 289 Å². The third-order valence-electron chi connectivity index (χ3n) is 8.58. The Balaban J connectivity index is 1.44. The average molecular weight is 690 g/mol. The number of rotatable bonds is 14. The van der Waals surface area contributed by atoms with E-state index in [2.05, 4.69) is 15.3 Å². The van der Waals surface area contributed by atoms with Crippen molar-refractivity contribution in [3.63, 3.8) is 0 Å². The number of nitrogens with one attached hydrogen (secondary N) is 1. The third-order valence-corrected chi connectivity index (χ3v) is 10.3. The summed E-state index contributed by atoms with van der Waals surface area (Å²) < 4.78 is 39.6. The zero-order valence-electron chi connectivity index (χ0n) is 27.1. The smallest absolute Gasteiger partial charge is 0.252 e. The number of hydrogen-bond donors (Lipinski definition) is 2.